The molecule has 0 bridgehead atoms. The van der Waals surface area contributed by atoms with Crippen LogP contribution in [-0.2, 0) is 6.54 Å². The van der Waals surface area contributed by atoms with E-state index < -0.39 is 0 Å². The van der Waals surface area contributed by atoms with Crippen LogP contribution in [0.4, 0.5) is 11.4 Å². The van der Waals surface area contributed by atoms with E-state index in [-0.39, 0.29) is 6.04 Å². The molecule has 182 valence electrons. The summed E-state index contributed by atoms with van der Waals surface area (Å²) in [6.45, 7) is 4.38. The summed E-state index contributed by atoms with van der Waals surface area (Å²) < 4.78 is 7.27. The summed E-state index contributed by atoms with van der Waals surface area (Å²) in [6.07, 6.45) is 0. The second kappa shape index (κ2) is 10.5. The first kappa shape index (κ1) is 23.3. The highest BCUT2D eigenvalue weighted by atomic mass is 32.1. The summed E-state index contributed by atoms with van der Waals surface area (Å²) in [5.74, 6) is 1.76. The van der Waals surface area contributed by atoms with Gasteiger partial charge in [-0.3, -0.25) is 4.90 Å². The lowest BCUT2D eigenvalue weighted by Gasteiger charge is -2.40. The van der Waals surface area contributed by atoms with Crippen molar-refractivity contribution < 1.29 is 4.74 Å². The van der Waals surface area contributed by atoms with Crippen LogP contribution in [0.25, 0.3) is 0 Å². The lowest BCUT2D eigenvalue weighted by molar-refractivity contribution is 0.201. The van der Waals surface area contributed by atoms with Gasteiger partial charge in [0.2, 0.25) is 0 Å². The molecule has 1 saturated heterocycles. The SMILES string of the molecule is COc1ccc(N2CCN([C@H](c3ccc(N(C)C)cc3)c3nnnn3Cc3cccs3)CC2)cc1. The largest absolute Gasteiger partial charge is 0.497 e. The number of hydrogen-bond acceptors (Lipinski definition) is 8. The second-order valence-corrected chi connectivity index (χ2v) is 9.92. The van der Waals surface area contributed by atoms with Crippen LogP contribution >= 0.6 is 11.3 Å². The number of rotatable bonds is 8. The summed E-state index contributed by atoms with van der Waals surface area (Å²) >= 11 is 1.73. The lowest BCUT2D eigenvalue weighted by Crippen LogP contribution is -2.48. The number of benzene rings is 2. The Balaban J connectivity index is 1.40. The predicted molar refractivity (Wildman–Crippen MR) is 141 cm³/mol. The Bertz CT molecular complexity index is 1200. The molecule has 4 aromatic rings. The third-order valence-corrected chi connectivity index (χ3v) is 7.39. The van der Waals surface area contributed by atoms with E-state index >= 15 is 0 Å². The average Bonchev–Trinajstić information content (AvgIpc) is 3.58. The van der Waals surface area contributed by atoms with E-state index in [1.807, 2.05) is 16.8 Å². The number of anilines is 2. The van der Waals surface area contributed by atoms with Crippen LogP contribution < -0.4 is 14.5 Å². The van der Waals surface area contributed by atoms with Crippen molar-refractivity contribution in [1.82, 2.24) is 25.1 Å². The molecule has 0 N–H and O–H groups in total. The van der Waals surface area contributed by atoms with E-state index in [2.05, 4.69) is 98.2 Å². The maximum absolute atomic E-state index is 5.32. The summed E-state index contributed by atoms with van der Waals surface area (Å²) in [4.78, 5) is 8.29. The van der Waals surface area contributed by atoms with Crippen molar-refractivity contribution in [2.75, 3.05) is 57.2 Å². The van der Waals surface area contributed by atoms with Crippen molar-refractivity contribution in [3.8, 4) is 5.75 Å². The number of hydrogen-bond donors (Lipinski definition) is 0. The standard InChI is InChI=1S/C26H31N7OS/c1-30(2)21-8-6-20(7-9-21)25(26-27-28-29-33(26)19-24-5-4-18-35-24)32-16-14-31(15-17-32)22-10-12-23(34-3)13-11-22/h4-13,18,25H,14-17,19H2,1-3H3/t25-/m1/s1. The van der Waals surface area contributed by atoms with Crippen LogP contribution in [0.2, 0.25) is 0 Å². The molecule has 1 aliphatic heterocycles. The Morgan fingerprint density at radius 1 is 0.971 bits per heavy atom. The predicted octanol–water partition coefficient (Wildman–Crippen LogP) is 3.77. The molecule has 0 aliphatic carbocycles. The molecule has 1 aliphatic rings. The van der Waals surface area contributed by atoms with Gasteiger partial charge in [0, 0.05) is 56.5 Å². The van der Waals surface area contributed by atoms with E-state index in [1.54, 1.807) is 18.4 Å². The van der Waals surface area contributed by atoms with Crippen LogP contribution in [0.5, 0.6) is 5.75 Å². The molecule has 2 aromatic heterocycles. The fraction of sp³-hybridized carbons (Fsp3) is 0.346. The van der Waals surface area contributed by atoms with Crippen molar-refractivity contribution in [3.05, 3.63) is 82.3 Å². The minimum Gasteiger partial charge on any atom is -0.497 e. The minimum absolute atomic E-state index is 0.0146. The Labute approximate surface area is 210 Å². The molecule has 0 saturated carbocycles. The maximum atomic E-state index is 5.32. The molecule has 5 rings (SSSR count). The van der Waals surface area contributed by atoms with Crippen molar-refractivity contribution >= 4 is 22.7 Å². The van der Waals surface area contributed by atoms with Gasteiger partial charge in [-0.1, -0.05) is 18.2 Å². The normalized spacial score (nSPS) is 15.2. The Morgan fingerprint density at radius 3 is 2.34 bits per heavy atom. The zero-order valence-corrected chi connectivity index (χ0v) is 21.2. The Kier molecular flexibility index (Phi) is 6.96. The first-order chi connectivity index (χ1) is 17.1. The maximum Gasteiger partial charge on any atom is 0.173 e. The number of nitrogens with zero attached hydrogens (tertiary/aromatic N) is 7. The molecule has 0 radical (unpaired) electrons. The molecule has 9 heteroatoms. The van der Waals surface area contributed by atoms with Crippen LogP contribution in [0.15, 0.2) is 66.0 Å². The van der Waals surface area contributed by atoms with Gasteiger partial charge in [0.05, 0.1) is 19.7 Å². The van der Waals surface area contributed by atoms with Gasteiger partial charge in [0.25, 0.3) is 0 Å². The molecule has 2 aromatic carbocycles. The number of methoxy groups -OCH3 is 1. The highest BCUT2D eigenvalue weighted by Crippen LogP contribution is 2.31. The molecule has 35 heavy (non-hydrogen) atoms. The van der Waals surface area contributed by atoms with E-state index in [1.165, 1.54) is 21.8 Å². The van der Waals surface area contributed by atoms with Gasteiger partial charge >= 0.3 is 0 Å². The highest BCUT2D eigenvalue weighted by molar-refractivity contribution is 7.09. The number of thiophene rings is 1. The van der Waals surface area contributed by atoms with Crippen LogP contribution in [0.1, 0.15) is 22.3 Å². The zero-order valence-electron chi connectivity index (χ0n) is 20.4. The molecular formula is C26H31N7OS. The number of piperazine rings is 1. The minimum atomic E-state index is -0.0146. The van der Waals surface area contributed by atoms with Crippen molar-refractivity contribution in [3.63, 3.8) is 0 Å². The number of aromatic nitrogens is 4. The molecule has 3 heterocycles. The summed E-state index contributed by atoms with van der Waals surface area (Å²) in [5, 5.41) is 15.1. The van der Waals surface area contributed by atoms with Crippen molar-refractivity contribution in [2.45, 2.75) is 12.6 Å². The first-order valence-corrected chi connectivity index (χ1v) is 12.7. The average molecular weight is 490 g/mol. The molecule has 0 amide bonds. The Morgan fingerprint density at radius 2 is 1.71 bits per heavy atom. The number of ether oxygens (including phenoxy) is 1. The van der Waals surface area contributed by atoms with E-state index in [9.17, 15) is 0 Å². The zero-order chi connectivity index (χ0) is 24.2. The van der Waals surface area contributed by atoms with Crippen LogP contribution in [0.3, 0.4) is 0 Å². The topological polar surface area (TPSA) is 62.6 Å². The summed E-state index contributed by atoms with van der Waals surface area (Å²) in [5.41, 5.74) is 3.60. The van der Waals surface area contributed by atoms with Crippen molar-refractivity contribution in [1.29, 1.82) is 0 Å². The molecule has 0 unspecified atom stereocenters. The molecule has 1 atom stereocenters. The molecule has 8 nitrogen and oxygen atoms in total. The Hall–Kier alpha value is -3.43. The first-order valence-electron chi connectivity index (χ1n) is 11.8. The summed E-state index contributed by atoms with van der Waals surface area (Å²) in [7, 11) is 5.82. The summed E-state index contributed by atoms with van der Waals surface area (Å²) in [6, 6.07) is 21.3. The van der Waals surface area contributed by atoms with Gasteiger partial charge in [-0.25, -0.2) is 4.68 Å². The van der Waals surface area contributed by atoms with E-state index in [0.29, 0.717) is 6.54 Å². The molecule has 0 spiro atoms. The molecular weight excluding hydrogens is 458 g/mol. The smallest absolute Gasteiger partial charge is 0.173 e. The quantitative estimate of drug-likeness (QED) is 0.373. The van der Waals surface area contributed by atoms with Gasteiger partial charge in [-0.2, -0.15) is 0 Å². The second-order valence-electron chi connectivity index (χ2n) is 8.88. The van der Waals surface area contributed by atoms with E-state index in [0.717, 1.165) is 37.8 Å². The van der Waals surface area contributed by atoms with Gasteiger partial charge in [0.15, 0.2) is 5.82 Å². The highest BCUT2D eigenvalue weighted by Gasteiger charge is 2.31. The van der Waals surface area contributed by atoms with Gasteiger partial charge in [0.1, 0.15) is 5.75 Å². The van der Waals surface area contributed by atoms with Gasteiger partial charge in [-0.05, 0) is 63.8 Å². The lowest BCUT2D eigenvalue weighted by atomic mass is 10.0. The fourth-order valence-electron chi connectivity index (χ4n) is 4.58. The molecule has 1 fully saturated rings. The van der Waals surface area contributed by atoms with Gasteiger partial charge < -0.3 is 14.5 Å². The monoisotopic (exact) mass is 489 g/mol. The third-order valence-electron chi connectivity index (χ3n) is 6.53. The van der Waals surface area contributed by atoms with Crippen LogP contribution in [0, 0.1) is 0 Å². The fourth-order valence-corrected chi connectivity index (χ4v) is 5.27. The van der Waals surface area contributed by atoms with E-state index in [4.69, 9.17) is 4.74 Å². The van der Waals surface area contributed by atoms with Crippen LogP contribution in [-0.4, -0.2) is 72.5 Å². The van der Waals surface area contributed by atoms with Gasteiger partial charge in [-0.15, -0.1) is 16.4 Å². The third kappa shape index (κ3) is 5.16. The number of tetrazole rings is 1. The van der Waals surface area contributed by atoms with Crippen molar-refractivity contribution in [2.24, 2.45) is 0 Å².